The Morgan fingerprint density at radius 1 is 1.41 bits per heavy atom. The zero-order chi connectivity index (χ0) is 12.3. The summed E-state index contributed by atoms with van der Waals surface area (Å²) in [4.78, 5) is 1.21. The second-order valence-electron chi connectivity index (χ2n) is 4.68. The van der Waals surface area contributed by atoms with Crippen molar-refractivity contribution in [2.24, 2.45) is 0 Å². The monoisotopic (exact) mass is 273 g/mol. The molecule has 1 fully saturated rings. The quantitative estimate of drug-likeness (QED) is 0.895. The summed E-state index contributed by atoms with van der Waals surface area (Å²) in [7, 11) is 3.83. The van der Waals surface area contributed by atoms with Crippen LogP contribution in [0.3, 0.4) is 0 Å². The third kappa shape index (κ3) is 2.53. The first kappa shape index (κ1) is 13.3. The van der Waals surface area contributed by atoms with Crippen LogP contribution in [0.5, 0.6) is 0 Å². The zero-order valence-electron chi connectivity index (χ0n) is 10.5. The Balaban J connectivity index is 2.29. The lowest BCUT2D eigenvalue weighted by Gasteiger charge is -2.42. The highest BCUT2D eigenvalue weighted by Crippen LogP contribution is 2.44. The van der Waals surface area contributed by atoms with E-state index in [4.69, 9.17) is 16.3 Å². The predicted molar refractivity (Wildman–Crippen MR) is 74.0 cm³/mol. The fourth-order valence-electron chi connectivity index (χ4n) is 2.91. The fraction of sp³-hybridized carbons (Fsp3) is 0.692. The number of hydrogen-bond donors (Lipinski definition) is 1. The molecule has 0 radical (unpaired) electrons. The molecule has 1 aliphatic rings. The number of rotatable bonds is 4. The van der Waals surface area contributed by atoms with Crippen LogP contribution in [0.2, 0.25) is 5.02 Å². The van der Waals surface area contributed by atoms with Gasteiger partial charge in [-0.2, -0.15) is 0 Å². The fourth-order valence-corrected chi connectivity index (χ4v) is 4.29. The number of ether oxygens (including phenoxy) is 1. The maximum Gasteiger partial charge on any atom is 0.0881 e. The van der Waals surface area contributed by atoms with E-state index < -0.39 is 0 Å². The first-order valence-corrected chi connectivity index (χ1v) is 7.44. The van der Waals surface area contributed by atoms with Gasteiger partial charge in [0.15, 0.2) is 0 Å². The van der Waals surface area contributed by atoms with Gasteiger partial charge >= 0.3 is 0 Å². The molecule has 96 valence electrons. The van der Waals surface area contributed by atoms with E-state index in [1.54, 1.807) is 11.3 Å². The van der Waals surface area contributed by atoms with E-state index in [1.165, 1.54) is 24.1 Å². The summed E-state index contributed by atoms with van der Waals surface area (Å²) in [6.45, 7) is 0. The molecule has 1 aromatic heterocycles. The third-order valence-corrected chi connectivity index (χ3v) is 5.25. The second-order valence-corrected chi connectivity index (χ2v) is 6.04. The molecule has 17 heavy (non-hydrogen) atoms. The van der Waals surface area contributed by atoms with Gasteiger partial charge in [-0.05, 0) is 31.3 Å². The zero-order valence-corrected chi connectivity index (χ0v) is 12.0. The molecule has 0 aliphatic heterocycles. The van der Waals surface area contributed by atoms with E-state index in [9.17, 15) is 0 Å². The Labute approximate surface area is 112 Å². The van der Waals surface area contributed by atoms with Gasteiger partial charge in [0.25, 0.3) is 0 Å². The number of halogens is 1. The summed E-state index contributed by atoms with van der Waals surface area (Å²) in [5.41, 5.74) is -0.0819. The van der Waals surface area contributed by atoms with E-state index in [1.807, 2.05) is 25.6 Å². The number of hydrogen-bond acceptors (Lipinski definition) is 3. The van der Waals surface area contributed by atoms with Gasteiger partial charge < -0.3 is 10.1 Å². The van der Waals surface area contributed by atoms with Crippen LogP contribution in [0.15, 0.2) is 11.4 Å². The average molecular weight is 274 g/mol. The van der Waals surface area contributed by atoms with Crippen LogP contribution in [-0.2, 0) is 4.74 Å². The largest absolute Gasteiger partial charge is 0.376 e. The van der Waals surface area contributed by atoms with E-state index in [0.717, 1.165) is 17.9 Å². The average Bonchev–Trinajstić information content (AvgIpc) is 2.78. The van der Waals surface area contributed by atoms with Crippen molar-refractivity contribution in [2.75, 3.05) is 14.2 Å². The number of likely N-dealkylation sites (N-methyl/N-ethyl adjacent to an activating group) is 1. The van der Waals surface area contributed by atoms with Crippen molar-refractivity contribution in [3.8, 4) is 0 Å². The Hall–Kier alpha value is -0.0900. The standard InChI is InChI=1S/C13H20ClNOS/c1-15-12(11-10(14)6-9-17-11)13(16-2)7-4-3-5-8-13/h6,9,12,15H,3-5,7-8H2,1-2H3. The Kier molecular flexibility index (Phi) is 4.47. The molecule has 0 saturated heterocycles. The lowest BCUT2D eigenvalue weighted by Crippen LogP contribution is -2.45. The summed E-state index contributed by atoms with van der Waals surface area (Å²) < 4.78 is 5.90. The van der Waals surface area contributed by atoms with Gasteiger partial charge in [-0.3, -0.25) is 0 Å². The van der Waals surface area contributed by atoms with Crippen molar-refractivity contribution in [2.45, 2.75) is 43.7 Å². The van der Waals surface area contributed by atoms with Crippen LogP contribution in [0, 0.1) is 0 Å². The maximum atomic E-state index is 6.27. The normalized spacial score (nSPS) is 21.4. The second kappa shape index (κ2) is 5.70. The van der Waals surface area contributed by atoms with Gasteiger partial charge in [-0.25, -0.2) is 0 Å². The molecule has 4 heteroatoms. The van der Waals surface area contributed by atoms with E-state index >= 15 is 0 Å². The molecular formula is C13H20ClNOS. The molecule has 1 aliphatic carbocycles. The number of thiophene rings is 1. The lowest BCUT2D eigenvalue weighted by atomic mass is 9.78. The van der Waals surface area contributed by atoms with Crippen molar-refractivity contribution < 1.29 is 4.74 Å². The van der Waals surface area contributed by atoms with E-state index in [2.05, 4.69) is 5.32 Å². The molecule has 1 unspecified atom stereocenters. The van der Waals surface area contributed by atoms with Crippen molar-refractivity contribution >= 4 is 22.9 Å². The summed E-state index contributed by atoms with van der Waals surface area (Å²) in [5.74, 6) is 0. The highest BCUT2D eigenvalue weighted by Gasteiger charge is 2.41. The molecule has 1 atom stereocenters. The summed E-state index contributed by atoms with van der Waals surface area (Å²) >= 11 is 7.98. The highest BCUT2D eigenvalue weighted by molar-refractivity contribution is 7.10. The van der Waals surface area contributed by atoms with Crippen molar-refractivity contribution in [3.05, 3.63) is 21.3 Å². The summed E-state index contributed by atoms with van der Waals surface area (Å²) in [5, 5.41) is 6.32. The molecule has 1 aromatic rings. The topological polar surface area (TPSA) is 21.3 Å². The first-order chi connectivity index (χ1) is 8.23. The van der Waals surface area contributed by atoms with Crippen LogP contribution in [0.25, 0.3) is 0 Å². The van der Waals surface area contributed by atoms with E-state index in [-0.39, 0.29) is 11.6 Å². The molecule has 0 amide bonds. The third-order valence-electron chi connectivity index (χ3n) is 3.83. The molecule has 1 saturated carbocycles. The van der Waals surface area contributed by atoms with Gasteiger partial charge in [0, 0.05) is 12.0 Å². The maximum absolute atomic E-state index is 6.27. The van der Waals surface area contributed by atoms with Crippen LogP contribution in [-0.4, -0.2) is 19.8 Å². The minimum Gasteiger partial charge on any atom is -0.376 e. The SMILES string of the molecule is CNC(c1sccc1Cl)C1(OC)CCCCC1. The van der Waals surface area contributed by atoms with Gasteiger partial charge in [0.2, 0.25) is 0 Å². The molecule has 2 rings (SSSR count). The van der Waals surface area contributed by atoms with Crippen molar-refractivity contribution in [1.29, 1.82) is 0 Å². The Bertz CT molecular complexity index is 360. The molecule has 0 aromatic carbocycles. The molecule has 1 heterocycles. The lowest BCUT2D eigenvalue weighted by molar-refractivity contribution is -0.0662. The summed E-state index contributed by atoms with van der Waals surface area (Å²) in [6, 6.07) is 2.18. The van der Waals surface area contributed by atoms with Crippen LogP contribution >= 0.6 is 22.9 Å². The van der Waals surface area contributed by atoms with Gasteiger partial charge in [0.05, 0.1) is 16.7 Å². The van der Waals surface area contributed by atoms with Crippen LogP contribution in [0.4, 0.5) is 0 Å². The van der Waals surface area contributed by atoms with Crippen molar-refractivity contribution in [1.82, 2.24) is 5.32 Å². The van der Waals surface area contributed by atoms with Crippen LogP contribution < -0.4 is 5.32 Å². The Morgan fingerprint density at radius 2 is 2.12 bits per heavy atom. The molecule has 1 N–H and O–H groups in total. The van der Waals surface area contributed by atoms with E-state index in [0.29, 0.717) is 0 Å². The highest BCUT2D eigenvalue weighted by atomic mass is 35.5. The molecular weight excluding hydrogens is 254 g/mol. The smallest absolute Gasteiger partial charge is 0.0881 e. The minimum atomic E-state index is -0.0819. The van der Waals surface area contributed by atoms with Gasteiger partial charge in [-0.1, -0.05) is 30.9 Å². The molecule has 0 bridgehead atoms. The molecule has 0 spiro atoms. The minimum absolute atomic E-state index is 0.0819. The predicted octanol–water partition coefficient (Wildman–Crippen LogP) is 4.01. The van der Waals surface area contributed by atoms with Gasteiger partial charge in [-0.15, -0.1) is 11.3 Å². The Morgan fingerprint density at radius 3 is 2.59 bits per heavy atom. The first-order valence-electron chi connectivity index (χ1n) is 6.19. The van der Waals surface area contributed by atoms with Crippen molar-refractivity contribution in [3.63, 3.8) is 0 Å². The summed E-state index contributed by atoms with van der Waals surface area (Å²) in [6.07, 6.45) is 6.04. The number of nitrogens with one attached hydrogen (secondary N) is 1. The molecule has 2 nitrogen and oxygen atoms in total. The van der Waals surface area contributed by atoms with Gasteiger partial charge in [0.1, 0.15) is 0 Å². The number of methoxy groups -OCH3 is 1. The van der Waals surface area contributed by atoms with Crippen LogP contribution in [0.1, 0.15) is 43.0 Å².